The molecule has 0 amide bonds. The molecule has 102 valence electrons. The van der Waals surface area contributed by atoms with E-state index in [2.05, 4.69) is 11.4 Å². The van der Waals surface area contributed by atoms with Gasteiger partial charge in [-0.2, -0.15) is 5.26 Å². The third-order valence-corrected chi connectivity index (χ3v) is 3.26. The van der Waals surface area contributed by atoms with E-state index < -0.39 is 6.10 Å². The van der Waals surface area contributed by atoms with Gasteiger partial charge in [0.15, 0.2) is 0 Å². The summed E-state index contributed by atoms with van der Waals surface area (Å²) in [5.41, 5.74) is 2.56. The molecule has 0 saturated carbocycles. The highest BCUT2D eigenvalue weighted by atomic mass is 35.5. The number of nitrogens with one attached hydrogen (secondary N) is 1. The lowest BCUT2D eigenvalue weighted by molar-refractivity contribution is 0.174. The average Bonchev–Trinajstić information content (AvgIpc) is 2.48. The van der Waals surface area contributed by atoms with Crippen molar-refractivity contribution in [1.29, 1.82) is 5.26 Å². The van der Waals surface area contributed by atoms with Gasteiger partial charge in [-0.3, -0.25) is 0 Å². The van der Waals surface area contributed by atoms with Gasteiger partial charge >= 0.3 is 0 Å². The van der Waals surface area contributed by atoms with Crippen LogP contribution in [0.25, 0.3) is 0 Å². The molecule has 3 nitrogen and oxygen atoms in total. The summed E-state index contributed by atoms with van der Waals surface area (Å²) in [4.78, 5) is 0. The minimum atomic E-state index is -0.564. The third kappa shape index (κ3) is 4.07. The summed E-state index contributed by atoms with van der Waals surface area (Å²) in [6, 6.07) is 16.6. The highest BCUT2D eigenvalue weighted by Crippen LogP contribution is 2.15. The zero-order chi connectivity index (χ0) is 14.4. The van der Waals surface area contributed by atoms with Gasteiger partial charge in [-0.05, 0) is 35.4 Å². The fourth-order valence-electron chi connectivity index (χ4n) is 1.85. The molecule has 0 aliphatic heterocycles. The van der Waals surface area contributed by atoms with E-state index >= 15 is 0 Å². The highest BCUT2D eigenvalue weighted by molar-refractivity contribution is 6.30. The number of aliphatic hydroxyl groups is 1. The molecule has 2 rings (SSSR count). The van der Waals surface area contributed by atoms with E-state index in [1.54, 1.807) is 24.3 Å². The predicted octanol–water partition coefficient (Wildman–Crippen LogP) is 3.03. The SMILES string of the molecule is N#Cc1ccc(CNC[C@H](O)c2ccc(Cl)cc2)cc1. The van der Waals surface area contributed by atoms with Crippen molar-refractivity contribution in [3.8, 4) is 6.07 Å². The Hall–Kier alpha value is -1.86. The van der Waals surface area contributed by atoms with Crippen LogP contribution in [0, 0.1) is 11.3 Å². The maximum Gasteiger partial charge on any atom is 0.0991 e. The number of aliphatic hydroxyl groups excluding tert-OH is 1. The van der Waals surface area contributed by atoms with E-state index in [1.165, 1.54) is 0 Å². The number of rotatable bonds is 5. The van der Waals surface area contributed by atoms with Crippen molar-refractivity contribution in [3.63, 3.8) is 0 Å². The molecule has 0 fully saturated rings. The van der Waals surface area contributed by atoms with Gasteiger partial charge in [0.25, 0.3) is 0 Å². The van der Waals surface area contributed by atoms with E-state index in [1.807, 2.05) is 24.3 Å². The van der Waals surface area contributed by atoms with Crippen LogP contribution in [0.2, 0.25) is 5.02 Å². The van der Waals surface area contributed by atoms with Crippen LogP contribution in [-0.2, 0) is 6.54 Å². The van der Waals surface area contributed by atoms with Gasteiger partial charge in [-0.25, -0.2) is 0 Å². The predicted molar refractivity (Wildman–Crippen MR) is 79.3 cm³/mol. The second-order valence-corrected chi connectivity index (χ2v) is 4.94. The Kier molecular flexibility index (Phi) is 5.14. The third-order valence-electron chi connectivity index (χ3n) is 3.00. The maximum atomic E-state index is 10.0. The Morgan fingerprint density at radius 1 is 1.10 bits per heavy atom. The summed E-state index contributed by atoms with van der Waals surface area (Å²) in [7, 11) is 0. The van der Waals surface area contributed by atoms with Crippen LogP contribution in [-0.4, -0.2) is 11.7 Å². The summed E-state index contributed by atoms with van der Waals surface area (Å²) in [6.07, 6.45) is -0.564. The maximum absolute atomic E-state index is 10.0. The molecule has 0 aliphatic rings. The van der Waals surface area contributed by atoms with Crippen LogP contribution in [0.15, 0.2) is 48.5 Å². The normalized spacial score (nSPS) is 11.8. The van der Waals surface area contributed by atoms with E-state index in [0.717, 1.165) is 11.1 Å². The second kappa shape index (κ2) is 7.06. The van der Waals surface area contributed by atoms with Gasteiger partial charge in [-0.1, -0.05) is 35.9 Å². The quantitative estimate of drug-likeness (QED) is 0.888. The smallest absolute Gasteiger partial charge is 0.0991 e. The molecular weight excluding hydrogens is 272 g/mol. The molecule has 0 bridgehead atoms. The van der Waals surface area contributed by atoms with Gasteiger partial charge < -0.3 is 10.4 Å². The van der Waals surface area contributed by atoms with E-state index in [4.69, 9.17) is 16.9 Å². The lowest BCUT2D eigenvalue weighted by Crippen LogP contribution is -2.21. The van der Waals surface area contributed by atoms with Gasteiger partial charge in [0.05, 0.1) is 17.7 Å². The average molecular weight is 287 g/mol. The van der Waals surface area contributed by atoms with Crippen LogP contribution in [0.4, 0.5) is 0 Å². The zero-order valence-corrected chi connectivity index (χ0v) is 11.6. The lowest BCUT2D eigenvalue weighted by Gasteiger charge is -2.12. The Balaban J connectivity index is 1.83. The monoisotopic (exact) mass is 286 g/mol. The largest absolute Gasteiger partial charge is 0.387 e. The van der Waals surface area contributed by atoms with Crippen LogP contribution in [0.3, 0.4) is 0 Å². The van der Waals surface area contributed by atoms with Gasteiger partial charge in [0.1, 0.15) is 0 Å². The van der Waals surface area contributed by atoms with E-state index in [-0.39, 0.29) is 0 Å². The summed E-state index contributed by atoms with van der Waals surface area (Å²) in [6.45, 7) is 1.11. The molecule has 0 aliphatic carbocycles. The summed E-state index contributed by atoms with van der Waals surface area (Å²) >= 11 is 5.81. The van der Waals surface area contributed by atoms with E-state index in [9.17, 15) is 5.11 Å². The Labute approximate surface area is 123 Å². The number of halogens is 1. The number of hydrogen-bond donors (Lipinski definition) is 2. The molecule has 2 N–H and O–H groups in total. The van der Waals surface area contributed by atoms with Gasteiger partial charge in [0, 0.05) is 18.1 Å². The topological polar surface area (TPSA) is 56.0 Å². The van der Waals surface area contributed by atoms with Crippen molar-refractivity contribution in [2.75, 3.05) is 6.54 Å². The molecule has 1 atom stereocenters. The molecule has 0 heterocycles. The molecule has 0 radical (unpaired) electrons. The molecule has 0 aromatic heterocycles. The number of benzene rings is 2. The molecule has 0 saturated heterocycles. The van der Waals surface area contributed by atoms with Crippen molar-refractivity contribution in [3.05, 3.63) is 70.2 Å². The Bertz CT molecular complexity index is 587. The van der Waals surface area contributed by atoms with Crippen molar-refractivity contribution in [2.45, 2.75) is 12.6 Å². The molecule has 4 heteroatoms. The standard InChI is InChI=1S/C16H15ClN2O/c17-15-7-5-14(6-8-15)16(20)11-19-10-13-3-1-12(9-18)2-4-13/h1-8,16,19-20H,10-11H2/t16-/m0/s1. The summed E-state index contributed by atoms with van der Waals surface area (Å²) < 4.78 is 0. The Morgan fingerprint density at radius 3 is 2.35 bits per heavy atom. The van der Waals surface area contributed by atoms with E-state index in [0.29, 0.717) is 23.7 Å². The van der Waals surface area contributed by atoms with Crippen molar-refractivity contribution >= 4 is 11.6 Å². The first kappa shape index (κ1) is 14.5. The lowest BCUT2D eigenvalue weighted by atomic mass is 10.1. The first-order valence-corrected chi connectivity index (χ1v) is 6.70. The van der Waals surface area contributed by atoms with Gasteiger partial charge in [-0.15, -0.1) is 0 Å². The molecule has 0 unspecified atom stereocenters. The summed E-state index contributed by atoms with van der Waals surface area (Å²) in [5.74, 6) is 0. The van der Waals surface area contributed by atoms with Crippen LogP contribution >= 0.6 is 11.6 Å². The molecule has 20 heavy (non-hydrogen) atoms. The van der Waals surface area contributed by atoms with Crippen molar-refractivity contribution in [1.82, 2.24) is 5.32 Å². The Morgan fingerprint density at radius 2 is 1.75 bits per heavy atom. The van der Waals surface area contributed by atoms with Crippen molar-refractivity contribution < 1.29 is 5.11 Å². The fourth-order valence-corrected chi connectivity index (χ4v) is 1.98. The van der Waals surface area contributed by atoms with Crippen LogP contribution < -0.4 is 5.32 Å². The van der Waals surface area contributed by atoms with Crippen LogP contribution in [0.1, 0.15) is 22.8 Å². The van der Waals surface area contributed by atoms with Crippen molar-refractivity contribution in [2.24, 2.45) is 0 Å². The number of nitriles is 1. The zero-order valence-electron chi connectivity index (χ0n) is 10.9. The number of hydrogen-bond acceptors (Lipinski definition) is 3. The molecular formula is C16H15ClN2O. The van der Waals surface area contributed by atoms with Crippen LogP contribution in [0.5, 0.6) is 0 Å². The minimum absolute atomic E-state index is 0.460. The van der Waals surface area contributed by atoms with Gasteiger partial charge in [0.2, 0.25) is 0 Å². The number of nitrogens with zero attached hydrogens (tertiary/aromatic N) is 1. The fraction of sp³-hybridized carbons (Fsp3) is 0.188. The highest BCUT2D eigenvalue weighted by Gasteiger charge is 2.06. The molecule has 0 spiro atoms. The minimum Gasteiger partial charge on any atom is -0.387 e. The second-order valence-electron chi connectivity index (χ2n) is 4.51. The first-order valence-electron chi connectivity index (χ1n) is 6.32. The first-order chi connectivity index (χ1) is 9.69. The molecule has 2 aromatic rings. The summed E-state index contributed by atoms with van der Waals surface area (Å²) in [5, 5.41) is 22.6. The molecule has 2 aromatic carbocycles.